The summed E-state index contributed by atoms with van der Waals surface area (Å²) in [6.45, 7) is 7.89. The van der Waals surface area contributed by atoms with Gasteiger partial charge in [-0.25, -0.2) is 0 Å². The standard InChI is InChI=1S/C19H33N3OS.HI/c1-4-6-8-11-17(3)22-19(20-5-2)21-14-15-24(23)16-18-12-9-7-10-13-18;/h7,9-10,12-13,17H,4-6,8,11,14-16H2,1-3H3,(H2,20,21,22);1H. The molecule has 144 valence electrons. The molecule has 1 aromatic rings. The van der Waals surface area contributed by atoms with E-state index < -0.39 is 10.8 Å². The van der Waals surface area contributed by atoms with Gasteiger partial charge in [0.2, 0.25) is 0 Å². The van der Waals surface area contributed by atoms with Crippen molar-refractivity contribution in [2.45, 2.75) is 58.2 Å². The van der Waals surface area contributed by atoms with Crippen molar-refractivity contribution >= 4 is 40.7 Å². The van der Waals surface area contributed by atoms with Crippen LogP contribution in [0.3, 0.4) is 0 Å². The third-order valence-corrected chi connectivity index (χ3v) is 5.02. The van der Waals surface area contributed by atoms with E-state index in [4.69, 9.17) is 0 Å². The van der Waals surface area contributed by atoms with E-state index in [9.17, 15) is 4.21 Å². The van der Waals surface area contributed by atoms with Gasteiger partial charge < -0.3 is 10.6 Å². The van der Waals surface area contributed by atoms with Crippen molar-refractivity contribution in [2.24, 2.45) is 4.99 Å². The molecule has 0 aliphatic heterocycles. The van der Waals surface area contributed by atoms with E-state index in [2.05, 4.69) is 36.4 Å². The fourth-order valence-electron chi connectivity index (χ4n) is 2.42. The average molecular weight is 479 g/mol. The number of unbranched alkanes of at least 4 members (excludes halogenated alkanes) is 2. The molecule has 0 saturated carbocycles. The number of hydrogen-bond acceptors (Lipinski definition) is 2. The first-order chi connectivity index (χ1) is 11.7. The highest BCUT2D eigenvalue weighted by Gasteiger charge is 2.05. The predicted octanol–water partition coefficient (Wildman–Crippen LogP) is 4.08. The molecular formula is C19H34IN3OS. The minimum absolute atomic E-state index is 0. The van der Waals surface area contributed by atoms with Gasteiger partial charge in [0.05, 0.1) is 6.54 Å². The fourth-order valence-corrected chi connectivity index (χ4v) is 3.42. The lowest BCUT2D eigenvalue weighted by Gasteiger charge is -2.17. The SMILES string of the molecule is CCCCCC(C)NC(=NCCS(=O)Cc1ccccc1)NCC.I. The average Bonchev–Trinajstić information content (AvgIpc) is 2.56. The van der Waals surface area contributed by atoms with Crippen LogP contribution in [0.5, 0.6) is 0 Å². The summed E-state index contributed by atoms with van der Waals surface area (Å²) in [5, 5.41) is 6.71. The first kappa shape index (κ1) is 24.4. The largest absolute Gasteiger partial charge is 0.357 e. The molecule has 0 amide bonds. The van der Waals surface area contributed by atoms with Crippen molar-refractivity contribution in [3.05, 3.63) is 35.9 Å². The first-order valence-electron chi connectivity index (χ1n) is 9.09. The Morgan fingerprint density at radius 1 is 1.20 bits per heavy atom. The zero-order chi connectivity index (χ0) is 17.6. The minimum Gasteiger partial charge on any atom is -0.357 e. The van der Waals surface area contributed by atoms with Gasteiger partial charge in [0.15, 0.2) is 5.96 Å². The molecule has 0 radical (unpaired) electrons. The topological polar surface area (TPSA) is 53.5 Å². The molecule has 1 aromatic carbocycles. The predicted molar refractivity (Wildman–Crippen MR) is 121 cm³/mol. The van der Waals surface area contributed by atoms with Gasteiger partial charge in [-0.2, -0.15) is 0 Å². The number of halogens is 1. The van der Waals surface area contributed by atoms with Crippen molar-refractivity contribution in [1.29, 1.82) is 0 Å². The lowest BCUT2D eigenvalue weighted by molar-refractivity contribution is 0.547. The number of benzene rings is 1. The molecule has 0 aliphatic rings. The normalized spacial score (nSPS) is 13.6. The Kier molecular flexibility index (Phi) is 15.2. The van der Waals surface area contributed by atoms with Crippen molar-refractivity contribution in [3.8, 4) is 0 Å². The summed E-state index contributed by atoms with van der Waals surface area (Å²) in [5.74, 6) is 2.03. The van der Waals surface area contributed by atoms with Gasteiger partial charge in [-0.15, -0.1) is 24.0 Å². The molecule has 6 heteroatoms. The van der Waals surface area contributed by atoms with Crippen LogP contribution in [0.15, 0.2) is 35.3 Å². The second-order valence-electron chi connectivity index (χ2n) is 6.08. The van der Waals surface area contributed by atoms with Gasteiger partial charge in [0, 0.05) is 34.9 Å². The molecule has 0 heterocycles. The van der Waals surface area contributed by atoms with Gasteiger partial charge in [-0.05, 0) is 25.8 Å². The molecule has 0 spiro atoms. The Balaban J connectivity index is 0.00000576. The van der Waals surface area contributed by atoms with E-state index >= 15 is 0 Å². The molecule has 2 unspecified atom stereocenters. The third-order valence-electron chi connectivity index (χ3n) is 3.73. The molecule has 0 aliphatic carbocycles. The van der Waals surface area contributed by atoms with Crippen LogP contribution >= 0.6 is 24.0 Å². The summed E-state index contributed by atoms with van der Waals surface area (Å²) in [7, 11) is -0.873. The van der Waals surface area contributed by atoms with Gasteiger partial charge in [0.25, 0.3) is 0 Å². The Morgan fingerprint density at radius 2 is 1.92 bits per heavy atom. The Labute approximate surface area is 173 Å². The summed E-state index contributed by atoms with van der Waals surface area (Å²) < 4.78 is 12.1. The van der Waals surface area contributed by atoms with Crippen LogP contribution in [0.25, 0.3) is 0 Å². The maximum Gasteiger partial charge on any atom is 0.191 e. The highest BCUT2D eigenvalue weighted by atomic mass is 127. The molecule has 4 nitrogen and oxygen atoms in total. The van der Waals surface area contributed by atoms with E-state index in [0.717, 1.165) is 24.5 Å². The number of nitrogens with zero attached hydrogens (tertiary/aromatic N) is 1. The monoisotopic (exact) mass is 479 g/mol. The summed E-state index contributed by atoms with van der Waals surface area (Å²) in [4.78, 5) is 4.56. The number of rotatable bonds is 11. The molecule has 1 rings (SSSR count). The van der Waals surface area contributed by atoms with Crippen LogP contribution in [0.4, 0.5) is 0 Å². The quantitative estimate of drug-likeness (QED) is 0.218. The van der Waals surface area contributed by atoms with E-state index in [-0.39, 0.29) is 24.0 Å². The second-order valence-corrected chi connectivity index (χ2v) is 7.65. The lowest BCUT2D eigenvalue weighted by atomic mass is 10.1. The van der Waals surface area contributed by atoms with Crippen LogP contribution < -0.4 is 10.6 Å². The highest BCUT2D eigenvalue weighted by molar-refractivity contribution is 14.0. The summed E-state index contributed by atoms with van der Waals surface area (Å²) in [6, 6.07) is 10.4. The number of hydrogen-bond donors (Lipinski definition) is 2. The smallest absolute Gasteiger partial charge is 0.191 e. The number of aliphatic imine (C=N–C) groups is 1. The highest BCUT2D eigenvalue weighted by Crippen LogP contribution is 2.04. The lowest BCUT2D eigenvalue weighted by Crippen LogP contribution is -2.42. The Hall–Kier alpha value is -0.630. The van der Waals surface area contributed by atoms with Crippen LogP contribution in [0.1, 0.15) is 52.0 Å². The van der Waals surface area contributed by atoms with E-state index in [1.54, 1.807) is 0 Å². The molecule has 0 fully saturated rings. The van der Waals surface area contributed by atoms with Gasteiger partial charge in [-0.3, -0.25) is 9.20 Å². The molecule has 25 heavy (non-hydrogen) atoms. The van der Waals surface area contributed by atoms with E-state index in [1.165, 1.54) is 19.3 Å². The van der Waals surface area contributed by atoms with Crippen LogP contribution in [-0.2, 0) is 16.6 Å². The maximum absolute atomic E-state index is 12.1. The van der Waals surface area contributed by atoms with E-state index in [1.807, 2.05) is 30.3 Å². The van der Waals surface area contributed by atoms with Gasteiger partial charge >= 0.3 is 0 Å². The zero-order valence-corrected chi connectivity index (χ0v) is 18.9. The maximum atomic E-state index is 12.1. The van der Waals surface area contributed by atoms with Crippen LogP contribution in [0.2, 0.25) is 0 Å². The number of guanidine groups is 1. The number of nitrogens with one attached hydrogen (secondary N) is 2. The first-order valence-corrected chi connectivity index (χ1v) is 10.6. The molecular weight excluding hydrogens is 445 g/mol. The van der Waals surface area contributed by atoms with Crippen molar-refractivity contribution in [3.63, 3.8) is 0 Å². The molecule has 2 N–H and O–H groups in total. The third kappa shape index (κ3) is 12.4. The van der Waals surface area contributed by atoms with Crippen LogP contribution in [0, 0.1) is 0 Å². The van der Waals surface area contributed by atoms with Gasteiger partial charge in [-0.1, -0.05) is 56.5 Å². The molecule has 0 aromatic heterocycles. The van der Waals surface area contributed by atoms with Crippen molar-refractivity contribution in [2.75, 3.05) is 18.8 Å². The summed E-state index contributed by atoms with van der Waals surface area (Å²) in [5.41, 5.74) is 1.12. The molecule has 0 saturated heterocycles. The molecule has 0 bridgehead atoms. The van der Waals surface area contributed by atoms with E-state index in [0.29, 0.717) is 24.1 Å². The van der Waals surface area contributed by atoms with Crippen molar-refractivity contribution < 1.29 is 4.21 Å². The van der Waals surface area contributed by atoms with Gasteiger partial charge in [0.1, 0.15) is 0 Å². The Morgan fingerprint density at radius 3 is 2.56 bits per heavy atom. The Bertz CT molecular complexity index is 497. The van der Waals surface area contributed by atoms with Crippen molar-refractivity contribution in [1.82, 2.24) is 10.6 Å². The minimum atomic E-state index is -0.873. The fraction of sp³-hybridized carbons (Fsp3) is 0.632. The zero-order valence-electron chi connectivity index (χ0n) is 15.8. The summed E-state index contributed by atoms with van der Waals surface area (Å²) in [6.07, 6.45) is 4.91. The second kappa shape index (κ2) is 15.6. The summed E-state index contributed by atoms with van der Waals surface area (Å²) >= 11 is 0. The molecule has 2 atom stereocenters. The van der Waals surface area contributed by atoms with Crippen LogP contribution in [-0.4, -0.2) is 35.1 Å².